The number of methoxy groups -OCH3 is 1. The summed E-state index contributed by atoms with van der Waals surface area (Å²) in [6.45, 7) is 3.21. The van der Waals surface area contributed by atoms with Crippen LogP contribution in [0.25, 0.3) is 0 Å². The van der Waals surface area contributed by atoms with Crippen LogP contribution in [0.15, 0.2) is 83.8 Å². The minimum Gasteiger partial charge on any atom is -0.493 e. The van der Waals surface area contributed by atoms with Crippen LogP contribution in [0.1, 0.15) is 29.9 Å². The van der Waals surface area contributed by atoms with Gasteiger partial charge >= 0.3 is 0 Å². The summed E-state index contributed by atoms with van der Waals surface area (Å²) in [5, 5.41) is 0. The molecule has 0 saturated carbocycles. The van der Waals surface area contributed by atoms with Gasteiger partial charge in [0, 0.05) is 11.4 Å². The maximum Gasteiger partial charge on any atom is 0.179 e. The molecule has 0 spiro atoms. The van der Waals surface area contributed by atoms with E-state index in [0.29, 0.717) is 5.92 Å². The van der Waals surface area contributed by atoms with Crippen LogP contribution in [-0.2, 0) is 6.54 Å². The largest absolute Gasteiger partial charge is 0.493 e. The van der Waals surface area contributed by atoms with E-state index in [1.807, 2.05) is 36.4 Å². The summed E-state index contributed by atoms with van der Waals surface area (Å²) in [7, 11) is 1.70. The second kappa shape index (κ2) is 9.86. The standard InChI is InChI=1S/C25H27NO2S/c1-27-25-18-20(12-13-24(25)28-29-23-10-6-3-7-11-23)19-26-16-14-22(15-17-26)21-8-4-2-5-9-21/h2-13,18,22H,14-17,19H2,1H3. The van der Waals surface area contributed by atoms with Gasteiger partial charge in [-0.3, -0.25) is 4.90 Å². The van der Waals surface area contributed by atoms with Crippen molar-refractivity contribution in [1.29, 1.82) is 0 Å². The normalized spacial score (nSPS) is 15.2. The first kappa shape index (κ1) is 19.9. The quantitative estimate of drug-likeness (QED) is 0.439. The van der Waals surface area contributed by atoms with Gasteiger partial charge in [-0.2, -0.15) is 0 Å². The molecular weight excluding hydrogens is 378 g/mol. The molecule has 0 amide bonds. The molecule has 1 saturated heterocycles. The molecule has 4 heteroatoms. The molecule has 29 heavy (non-hydrogen) atoms. The van der Waals surface area contributed by atoms with Crippen molar-refractivity contribution in [2.75, 3.05) is 20.2 Å². The first-order valence-corrected chi connectivity index (χ1v) is 10.9. The lowest BCUT2D eigenvalue weighted by atomic mass is 9.89. The van der Waals surface area contributed by atoms with Crippen LogP contribution < -0.4 is 8.92 Å². The second-order valence-corrected chi connectivity index (χ2v) is 8.23. The number of nitrogens with zero attached hydrogens (tertiary/aromatic N) is 1. The maximum absolute atomic E-state index is 5.90. The van der Waals surface area contributed by atoms with Crippen LogP contribution in [0.3, 0.4) is 0 Å². The minimum atomic E-state index is 0.688. The van der Waals surface area contributed by atoms with Crippen LogP contribution in [-0.4, -0.2) is 25.1 Å². The summed E-state index contributed by atoms with van der Waals surface area (Å²) in [6.07, 6.45) is 2.44. The summed E-state index contributed by atoms with van der Waals surface area (Å²) in [6, 6.07) is 27.3. The van der Waals surface area contributed by atoms with E-state index in [1.54, 1.807) is 7.11 Å². The molecule has 0 unspecified atom stereocenters. The Balaban J connectivity index is 1.33. The van der Waals surface area contributed by atoms with Crippen LogP contribution >= 0.6 is 12.0 Å². The first-order valence-electron chi connectivity index (χ1n) is 10.2. The van der Waals surface area contributed by atoms with E-state index in [4.69, 9.17) is 8.92 Å². The lowest BCUT2D eigenvalue weighted by molar-refractivity contribution is 0.204. The molecule has 1 heterocycles. The van der Waals surface area contributed by atoms with Gasteiger partial charge < -0.3 is 8.92 Å². The minimum absolute atomic E-state index is 0.688. The van der Waals surface area contributed by atoms with E-state index >= 15 is 0 Å². The molecule has 0 aromatic heterocycles. The third kappa shape index (κ3) is 5.34. The predicted octanol–water partition coefficient (Wildman–Crippen LogP) is 6.16. The fraction of sp³-hybridized carbons (Fsp3) is 0.280. The van der Waals surface area contributed by atoms with Crippen molar-refractivity contribution in [3.05, 3.63) is 90.0 Å². The van der Waals surface area contributed by atoms with E-state index in [1.165, 1.54) is 36.0 Å². The van der Waals surface area contributed by atoms with Crippen molar-refractivity contribution >= 4 is 12.0 Å². The highest BCUT2D eigenvalue weighted by Gasteiger charge is 2.20. The van der Waals surface area contributed by atoms with Crippen molar-refractivity contribution in [1.82, 2.24) is 4.90 Å². The number of ether oxygens (including phenoxy) is 1. The van der Waals surface area contributed by atoms with Gasteiger partial charge in [0.05, 0.1) is 19.2 Å². The molecule has 1 fully saturated rings. The third-order valence-corrected chi connectivity index (χ3v) is 6.19. The summed E-state index contributed by atoms with van der Waals surface area (Å²) in [5.74, 6) is 2.23. The van der Waals surface area contributed by atoms with Gasteiger partial charge in [-0.05, 0) is 67.2 Å². The Kier molecular flexibility index (Phi) is 6.75. The van der Waals surface area contributed by atoms with E-state index in [2.05, 4.69) is 47.4 Å². The number of rotatable bonds is 7. The van der Waals surface area contributed by atoms with E-state index in [0.717, 1.165) is 36.0 Å². The highest BCUT2D eigenvalue weighted by Crippen LogP contribution is 2.34. The fourth-order valence-corrected chi connectivity index (χ4v) is 4.45. The molecule has 0 radical (unpaired) electrons. The van der Waals surface area contributed by atoms with Crippen LogP contribution in [0.5, 0.6) is 11.5 Å². The number of piperidine rings is 1. The van der Waals surface area contributed by atoms with Crippen molar-refractivity contribution in [2.45, 2.75) is 30.2 Å². The van der Waals surface area contributed by atoms with Crippen molar-refractivity contribution in [2.24, 2.45) is 0 Å². The molecular formula is C25H27NO2S. The van der Waals surface area contributed by atoms with Crippen molar-refractivity contribution in [3.8, 4) is 11.5 Å². The first-order chi connectivity index (χ1) is 14.3. The fourth-order valence-electron chi connectivity index (χ4n) is 3.86. The van der Waals surface area contributed by atoms with Gasteiger partial charge in [-0.25, -0.2) is 0 Å². The average molecular weight is 406 g/mol. The Morgan fingerprint density at radius 3 is 2.24 bits per heavy atom. The van der Waals surface area contributed by atoms with Gasteiger partial charge in [0.1, 0.15) is 0 Å². The molecule has 1 aliphatic heterocycles. The molecule has 0 atom stereocenters. The molecule has 4 rings (SSSR count). The molecule has 3 nitrogen and oxygen atoms in total. The number of hydrogen-bond acceptors (Lipinski definition) is 4. The zero-order chi connectivity index (χ0) is 19.9. The summed E-state index contributed by atoms with van der Waals surface area (Å²) < 4.78 is 11.5. The van der Waals surface area contributed by atoms with E-state index < -0.39 is 0 Å². The topological polar surface area (TPSA) is 21.7 Å². The molecule has 0 N–H and O–H groups in total. The Hall–Kier alpha value is -2.43. The average Bonchev–Trinajstić information content (AvgIpc) is 2.80. The van der Waals surface area contributed by atoms with Gasteiger partial charge in [0.15, 0.2) is 11.5 Å². The number of benzene rings is 3. The summed E-state index contributed by atoms with van der Waals surface area (Å²) in [5.41, 5.74) is 2.74. The van der Waals surface area contributed by atoms with Gasteiger partial charge in [0.25, 0.3) is 0 Å². The number of hydrogen-bond donors (Lipinski definition) is 0. The summed E-state index contributed by atoms with van der Waals surface area (Å²) in [4.78, 5) is 3.60. The number of likely N-dealkylation sites (tertiary alicyclic amines) is 1. The summed E-state index contributed by atoms with van der Waals surface area (Å²) >= 11 is 1.35. The highest BCUT2D eigenvalue weighted by molar-refractivity contribution is 7.95. The van der Waals surface area contributed by atoms with Gasteiger partial charge in [0.2, 0.25) is 0 Å². The molecule has 150 valence electrons. The zero-order valence-corrected chi connectivity index (χ0v) is 17.6. The van der Waals surface area contributed by atoms with Crippen molar-refractivity contribution < 1.29 is 8.92 Å². The highest BCUT2D eigenvalue weighted by atomic mass is 32.2. The molecule has 1 aliphatic rings. The van der Waals surface area contributed by atoms with Crippen LogP contribution in [0.2, 0.25) is 0 Å². The maximum atomic E-state index is 5.90. The second-order valence-electron chi connectivity index (χ2n) is 7.43. The third-order valence-electron chi connectivity index (χ3n) is 5.46. The Morgan fingerprint density at radius 1 is 0.862 bits per heavy atom. The van der Waals surface area contributed by atoms with Crippen LogP contribution in [0.4, 0.5) is 0 Å². The molecule has 0 aliphatic carbocycles. The lowest BCUT2D eigenvalue weighted by Crippen LogP contribution is -2.32. The van der Waals surface area contributed by atoms with Gasteiger partial charge in [-0.1, -0.05) is 54.6 Å². The van der Waals surface area contributed by atoms with Crippen molar-refractivity contribution in [3.63, 3.8) is 0 Å². The molecule has 0 bridgehead atoms. The predicted molar refractivity (Wildman–Crippen MR) is 120 cm³/mol. The lowest BCUT2D eigenvalue weighted by Gasteiger charge is -2.32. The van der Waals surface area contributed by atoms with E-state index in [9.17, 15) is 0 Å². The van der Waals surface area contributed by atoms with Crippen LogP contribution in [0, 0.1) is 0 Å². The Labute approximate surface area is 177 Å². The van der Waals surface area contributed by atoms with E-state index in [-0.39, 0.29) is 0 Å². The monoisotopic (exact) mass is 405 g/mol. The zero-order valence-electron chi connectivity index (χ0n) is 16.8. The molecule has 3 aromatic rings. The smallest absolute Gasteiger partial charge is 0.179 e. The SMILES string of the molecule is COc1cc(CN2CCC(c3ccccc3)CC2)ccc1OSc1ccccc1. The van der Waals surface area contributed by atoms with Gasteiger partial charge in [-0.15, -0.1) is 0 Å². The Morgan fingerprint density at radius 2 is 1.55 bits per heavy atom. The Bertz CT molecular complexity index is 893. The molecule has 3 aromatic carbocycles.